The van der Waals surface area contributed by atoms with Crippen LogP contribution < -0.4 is 15.2 Å². The number of nitrogens with one attached hydrogen (secondary N) is 1. The number of anilines is 1. The third-order valence-corrected chi connectivity index (χ3v) is 4.80. The topological polar surface area (TPSA) is 57.8 Å². The second kappa shape index (κ2) is 6.03. The summed E-state index contributed by atoms with van der Waals surface area (Å²) in [6, 6.07) is 2.50. The molecule has 1 aromatic heterocycles. The van der Waals surface area contributed by atoms with Gasteiger partial charge in [0.1, 0.15) is 43.5 Å². The van der Waals surface area contributed by atoms with Crippen LogP contribution in [0.4, 0.5) is 5.82 Å². The van der Waals surface area contributed by atoms with E-state index in [0.29, 0.717) is 5.92 Å². The molecule has 0 aromatic carbocycles. The van der Waals surface area contributed by atoms with Gasteiger partial charge in [0.15, 0.2) is 0 Å². The molecule has 1 aromatic rings. The summed E-state index contributed by atoms with van der Waals surface area (Å²) >= 11 is 0. The Bertz CT molecular complexity index is 565. The largest absolute Gasteiger partial charge is 0.340 e. The van der Waals surface area contributed by atoms with Gasteiger partial charge in [-0.1, -0.05) is 13.8 Å². The molecule has 2 heterocycles. The summed E-state index contributed by atoms with van der Waals surface area (Å²) in [5, 5.41) is 12.1. The molecule has 0 atom stereocenters. The van der Waals surface area contributed by atoms with Gasteiger partial charge in [0, 0.05) is 5.92 Å². The molecule has 0 bridgehead atoms. The first-order valence-corrected chi connectivity index (χ1v) is 8.30. The zero-order valence-electron chi connectivity index (χ0n) is 13.2. The summed E-state index contributed by atoms with van der Waals surface area (Å²) in [6.07, 6.45) is 4.67. The van der Waals surface area contributed by atoms with Crippen LogP contribution in [0.3, 0.4) is 0 Å². The van der Waals surface area contributed by atoms with Gasteiger partial charge in [-0.2, -0.15) is 5.26 Å². The number of nitriles is 1. The standard InChI is InChI=1S/C17H24N4/c1-12(2)16-14-6-4-3-5-13(14)15(11-18)17(20-16)21-9-7-19-8-10-21/h12,19H,3-10H2,1-2H3/p+2. The maximum absolute atomic E-state index is 9.73. The van der Waals surface area contributed by atoms with Crippen LogP contribution in [-0.2, 0) is 12.8 Å². The number of rotatable bonds is 2. The van der Waals surface area contributed by atoms with Gasteiger partial charge in [0.05, 0.1) is 0 Å². The molecule has 112 valence electrons. The van der Waals surface area contributed by atoms with Crippen molar-refractivity contribution in [3.63, 3.8) is 0 Å². The van der Waals surface area contributed by atoms with E-state index in [4.69, 9.17) is 0 Å². The molecule has 3 N–H and O–H groups in total. The average molecular weight is 286 g/mol. The molecular formula is C17H26N4+2. The maximum Gasteiger partial charge on any atom is 0.293 e. The molecule has 0 radical (unpaired) electrons. The number of fused-ring (bicyclic) bond motifs is 1. The lowest BCUT2D eigenvalue weighted by Crippen LogP contribution is -2.90. The van der Waals surface area contributed by atoms with Crippen LogP contribution >= 0.6 is 0 Å². The summed E-state index contributed by atoms with van der Waals surface area (Å²) in [6.45, 7) is 8.80. The number of aromatic nitrogens is 1. The fraction of sp³-hybridized carbons (Fsp3) is 0.647. The monoisotopic (exact) mass is 286 g/mol. The summed E-state index contributed by atoms with van der Waals surface area (Å²) < 4.78 is 0. The van der Waals surface area contributed by atoms with Crippen LogP contribution in [0.15, 0.2) is 0 Å². The van der Waals surface area contributed by atoms with Gasteiger partial charge >= 0.3 is 0 Å². The maximum atomic E-state index is 9.73. The SMILES string of the molecule is CC(C)c1[nH+]c(N2CC[NH2+]CC2)c(C#N)c2c1CCCC2. The summed E-state index contributed by atoms with van der Waals surface area (Å²) in [5.41, 5.74) is 5.03. The molecule has 3 rings (SSSR count). The van der Waals surface area contributed by atoms with Crippen molar-refractivity contribution in [1.82, 2.24) is 0 Å². The van der Waals surface area contributed by atoms with Gasteiger partial charge in [-0.15, -0.1) is 0 Å². The quantitative estimate of drug-likeness (QED) is 0.872. The molecule has 0 unspecified atom stereocenters. The number of nitrogens with zero attached hydrogens (tertiary/aromatic N) is 2. The van der Waals surface area contributed by atoms with Crippen molar-refractivity contribution in [3.8, 4) is 6.07 Å². The zero-order chi connectivity index (χ0) is 14.8. The number of quaternary nitrogens is 1. The fourth-order valence-corrected chi connectivity index (χ4v) is 3.71. The number of aromatic amines is 1. The van der Waals surface area contributed by atoms with Gasteiger partial charge in [-0.3, -0.25) is 0 Å². The van der Waals surface area contributed by atoms with Crippen molar-refractivity contribution < 1.29 is 10.3 Å². The molecule has 21 heavy (non-hydrogen) atoms. The van der Waals surface area contributed by atoms with E-state index in [1.807, 2.05) is 0 Å². The summed E-state index contributed by atoms with van der Waals surface area (Å²) in [7, 11) is 0. The van der Waals surface area contributed by atoms with Crippen LogP contribution in [-0.4, -0.2) is 26.2 Å². The van der Waals surface area contributed by atoms with E-state index in [-0.39, 0.29) is 0 Å². The molecular weight excluding hydrogens is 260 g/mol. The highest BCUT2D eigenvalue weighted by atomic mass is 15.2. The molecule has 2 aliphatic rings. The molecule has 1 aliphatic carbocycles. The van der Waals surface area contributed by atoms with E-state index in [0.717, 1.165) is 50.4 Å². The minimum absolute atomic E-state index is 0.486. The Balaban J connectivity index is 2.14. The van der Waals surface area contributed by atoms with E-state index >= 15 is 0 Å². The van der Waals surface area contributed by atoms with Gasteiger partial charge in [-0.25, -0.2) is 9.88 Å². The average Bonchev–Trinajstić information content (AvgIpc) is 2.53. The van der Waals surface area contributed by atoms with E-state index in [1.54, 1.807) is 0 Å². The van der Waals surface area contributed by atoms with Gasteiger partial charge in [0.25, 0.3) is 5.82 Å². The van der Waals surface area contributed by atoms with Crippen molar-refractivity contribution in [2.24, 2.45) is 0 Å². The van der Waals surface area contributed by atoms with Crippen molar-refractivity contribution in [2.75, 3.05) is 31.1 Å². The highest BCUT2D eigenvalue weighted by Crippen LogP contribution is 2.32. The van der Waals surface area contributed by atoms with Crippen LogP contribution in [0, 0.1) is 11.3 Å². The Morgan fingerprint density at radius 3 is 2.43 bits per heavy atom. The Labute approximate surface area is 127 Å². The Kier molecular flexibility index (Phi) is 4.12. The lowest BCUT2D eigenvalue weighted by molar-refractivity contribution is -0.656. The van der Waals surface area contributed by atoms with Crippen LogP contribution in [0.5, 0.6) is 0 Å². The van der Waals surface area contributed by atoms with Crippen molar-refractivity contribution in [3.05, 3.63) is 22.4 Å². The van der Waals surface area contributed by atoms with E-state index in [2.05, 4.69) is 35.1 Å². The molecule has 4 heteroatoms. The first-order chi connectivity index (χ1) is 10.2. The Hall–Kier alpha value is -1.60. The Morgan fingerprint density at radius 2 is 1.81 bits per heavy atom. The smallest absolute Gasteiger partial charge is 0.293 e. The first kappa shape index (κ1) is 14.3. The molecule has 0 spiro atoms. The summed E-state index contributed by atoms with van der Waals surface area (Å²) in [4.78, 5) is 6.03. The summed E-state index contributed by atoms with van der Waals surface area (Å²) in [5.74, 6) is 1.56. The fourth-order valence-electron chi connectivity index (χ4n) is 3.71. The molecule has 1 saturated heterocycles. The number of H-pyrrole nitrogens is 1. The normalized spacial score (nSPS) is 18.5. The molecule has 1 aliphatic heterocycles. The van der Waals surface area contributed by atoms with Crippen molar-refractivity contribution in [2.45, 2.75) is 45.4 Å². The van der Waals surface area contributed by atoms with E-state index in [9.17, 15) is 5.26 Å². The van der Waals surface area contributed by atoms with E-state index in [1.165, 1.54) is 29.7 Å². The van der Waals surface area contributed by atoms with Gasteiger partial charge in [-0.05, 0) is 36.8 Å². The molecule has 1 fully saturated rings. The number of hydrogen-bond acceptors (Lipinski definition) is 2. The second-order valence-electron chi connectivity index (χ2n) is 6.55. The number of pyridine rings is 1. The van der Waals surface area contributed by atoms with Crippen LogP contribution in [0.1, 0.15) is 55.0 Å². The minimum Gasteiger partial charge on any atom is -0.340 e. The third-order valence-electron chi connectivity index (χ3n) is 4.80. The van der Waals surface area contributed by atoms with Crippen molar-refractivity contribution in [1.29, 1.82) is 5.26 Å². The number of hydrogen-bond donors (Lipinski definition) is 1. The molecule has 0 amide bonds. The Morgan fingerprint density at radius 1 is 1.14 bits per heavy atom. The number of piperazine rings is 1. The van der Waals surface area contributed by atoms with Crippen LogP contribution in [0.25, 0.3) is 0 Å². The second-order valence-corrected chi connectivity index (χ2v) is 6.55. The number of nitrogens with two attached hydrogens (primary N) is 1. The van der Waals surface area contributed by atoms with Crippen LogP contribution in [0.2, 0.25) is 0 Å². The highest BCUT2D eigenvalue weighted by Gasteiger charge is 2.31. The van der Waals surface area contributed by atoms with E-state index < -0.39 is 0 Å². The zero-order valence-corrected chi connectivity index (χ0v) is 13.2. The first-order valence-electron chi connectivity index (χ1n) is 8.30. The lowest BCUT2D eigenvalue weighted by Gasteiger charge is -2.26. The highest BCUT2D eigenvalue weighted by molar-refractivity contribution is 5.58. The third kappa shape index (κ3) is 2.63. The predicted molar refractivity (Wildman–Crippen MR) is 82.3 cm³/mol. The van der Waals surface area contributed by atoms with Crippen molar-refractivity contribution >= 4 is 5.82 Å². The lowest BCUT2D eigenvalue weighted by atomic mass is 9.85. The predicted octanol–water partition coefficient (Wildman–Crippen LogP) is 0.758. The van der Waals surface area contributed by atoms with Gasteiger partial charge < -0.3 is 5.32 Å². The minimum atomic E-state index is 0.486. The molecule has 4 nitrogen and oxygen atoms in total. The molecule has 0 saturated carbocycles. The van der Waals surface area contributed by atoms with Gasteiger partial charge in [0.2, 0.25) is 0 Å².